The van der Waals surface area contributed by atoms with E-state index in [2.05, 4.69) is 10.2 Å². The average molecular weight is 582 g/mol. The Morgan fingerprint density at radius 3 is 2.49 bits per heavy atom. The maximum Gasteiger partial charge on any atom is 0.264 e. The van der Waals surface area contributed by atoms with Crippen molar-refractivity contribution in [3.8, 4) is 5.75 Å². The van der Waals surface area contributed by atoms with Gasteiger partial charge >= 0.3 is 0 Å². The molecule has 3 atom stereocenters. The number of benzene rings is 2. The van der Waals surface area contributed by atoms with Crippen molar-refractivity contribution in [3.63, 3.8) is 0 Å². The number of H-pyrrole nitrogens is 1. The third-order valence-corrected chi connectivity index (χ3v) is 8.35. The maximum absolute atomic E-state index is 15.3. The summed E-state index contributed by atoms with van der Waals surface area (Å²) >= 11 is 6.08. The zero-order valence-corrected chi connectivity index (χ0v) is 23.8. The summed E-state index contributed by atoms with van der Waals surface area (Å²) in [6.07, 6.45) is 1.39. The molecular formula is C30H33ClFN5O4. The predicted molar refractivity (Wildman–Crippen MR) is 154 cm³/mol. The number of aromatic amines is 1. The molecule has 1 aromatic heterocycles. The van der Waals surface area contributed by atoms with E-state index in [1.807, 2.05) is 34.1 Å². The van der Waals surface area contributed by atoms with E-state index < -0.39 is 17.7 Å². The fourth-order valence-electron chi connectivity index (χ4n) is 6.00. The molecule has 5 rings (SSSR count). The summed E-state index contributed by atoms with van der Waals surface area (Å²) in [5.74, 6) is -0.680. The van der Waals surface area contributed by atoms with Gasteiger partial charge in [-0.25, -0.2) is 9.49 Å². The number of ether oxygens (including phenoxy) is 1. The monoisotopic (exact) mass is 581 g/mol. The van der Waals surface area contributed by atoms with Gasteiger partial charge in [0, 0.05) is 62.7 Å². The van der Waals surface area contributed by atoms with Gasteiger partial charge in [0.05, 0.1) is 19.1 Å². The van der Waals surface area contributed by atoms with Crippen molar-refractivity contribution in [2.45, 2.75) is 31.7 Å². The van der Waals surface area contributed by atoms with Crippen LogP contribution in [0.25, 0.3) is 0 Å². The van der Waals surface area contributed by atoms with E-state index in [1.54, 1.807) is 30.0 Å². The highest BCUT2D eigenvalue weighted by atomic mass is 35.5. The Hall–Kier alpha value is -3.92. The van der Waals surface area contributed by atoms with Crippen molar-refractivity contribution in [3.05, 3.63) is 86.9 Å². The van der Waals surface area contributed by atoms with Crippen molar-refractivity contribution >= 4 is 29.2 Å². The van der Waals surface area contributed by atoms with E-state index in [-0.39, 0.29) is 23.4 Å². The standard InChI is InChI=1S/C30H33ClFN5O4/c1-19(38)37-15-14-35(13-3-4-27(37)20-5-7-21(31)8-6-20)30(40)25-18-36(28-11-12-29(39)34-33-28)17-24(25)23-10-9-22(41-2)16-26(23)32/h5-12,16,24-25,27H,3-4,13-15,17-18H2,1-2H3,(H,34,39)/t24-,25+,27-/m0/s1. The van der Waals surface area contributed by atoms with Crippen molar-refractivity contribution in [2.75, 3.05) is 44.7 Å². The lowest BCUT2D eigenvalue weighted by Gasteiger charge is -2.38. The molecule has 41 heavy (non-hydrogen) atoms. The lowest BCUT2D eigenvalue weighted by atomic mass is 9.87. The molecule has 2 aliphatic rings. The number of amides is 2. The molecule has 216 valence electrons. The molecular weight excluding hydrogens is 549 g/mol. The van der Waals surface area contributed by atoms with Gasteiger partial charge in [0.1, 0.15) is 17.4 Å². The summed E-state index contributed by atoms with van der Waals surface area (Å²) in [5.41, 5.74) is 1.11. The molecule has 0 spiro atoms. The van der Waals surface area contributed by atoms with Crippen molar-refractivity contribution in [1.82, 2.24) is 20.0 Å². The summed E-state index contributed by atoms with van der Waals surface area (Å²) in [4.78, 5) is 43.9. The Morgan fingerprint density at radius 1 is 1.05 bits per heavy atom. The number of hydrogen-bond acceptors (Lipinski definition) is 6. The zero-order chi connectivity index (χ0) is 29.1. The summed E-state index contributed by atoms with van der Waals surface area (Å²) in [6, 6.07) is 15.1. The molecule has 0 aliphatic carbocycles. The van der Waals surface area contributed by atoms with Crippen LogP contribution in [0.15, 0.2) is 59.4 Å². The number of carbonyl (C=O) groups excluding carboxylic acids is 2. The Kier molecular flexibility index (Phi) is 8.58. The first-order valence-corrected chi connectivity index (χ1v) is 14.1. The number of anilines is 1. The quantitative estimate of drug-likeness (QED) is 0.489. The highest BCUT2D eigenvalue weighted by molar-refractivity contribution is 6.30. The summed E-state index contributed by atoms with van der Waals surface area (Å²) in [6.45, 7) is 3.49. The van der Waals surface area contributed by atoms with Crippen LogP contribution in [0.2, 0.25) is 5.02 Å². The summed E-state index contributed by atoms with van der Waals surface area (Å²) in [7, 11) is 1.48. The normalized spacial score (nSPS) is 21.4. The first-order chi connectivity index (χ1) is 19.7. The van der Waals surface area contributed by atoms with Crippen LogP contribution in [0, 0.1) is 11.7 Å². The van der Waals surface area contributed by atoms with Gasteiger partial charge in [-0.3, -0.25) is 14.4 Å². The topological polar surface area (TPSA) is 98.8 Å². The summed E-state index contributed by atoms with van der Waals surface area (Å²) in [5, 5.41) is 7.22. The molecule has 3 aromatic rings. The fourth-order valence-corrected chi connectivity index (χ4v) is 6.12. The van der Waals surface area contributed by atoms with Gasteiger partial charge in [0.25, 0.3) is 5.56 Å². The van der Waals surface area contributed by atoms with Gasteiger partial charge in [0.2, 0.25) is 11.8 Å². The van der Waals surface area contributed by atoms with E-state index in [1.165, 1.54) is 19.2 Å². The van der Waals surface area contributed by atoms with E-state index in [0.717, 1.165) is 5.56 Å². The SMILES string of the molecule is COc1ccc([C@@H]2CN(c3ccc(=O)[nH]n3)C[C@H]2C(=O)N2CCC[C@@H](c3ccc(Cl)cc3)N(C(C)=O)CC2)c(F)c1. The zero-order valence-electron chi connectivity index (χ0n) is 23.1. The fraction of sp³-hybridized carbons (Fsp3) is 0.400. The van der Waals surface area contributed by atoms with Gasteiger partial charge in [-0.1, -0.05) is 29.8 Å². The Morgan fingerprint density at radius 2 is 1.83 bits per heavy atom. The second-order valence-corrected chi connectivity index (χ2v) is 11.0. The molecule has 2 fully saturated rings. The van der Waals surface area contributed by atoms with Crippen LogP contribution in [0.3, 0.4) is 0 Å². The lowest BCUT2D eigenvalue weighted by molar-refractivity contribution is -0.139. The van der Waals surface area contributed by atoms with Crippen LogP contribution in [-0.4, -0.2) is 71.6 Å². The van der Waals surface area contributed by atoms with Crippen LogP contribution in [0.5, 0.6) is 5.75 Å². The smallest absolute Gasteiger partial charge is 0.264 e. The molecule has 0 saturated carbocycles. The molecule has 3 heterocycles. The number of carbonyl (C=O) groups is 2. The maximum atomic E-state index is 15.3. The predicted octanol–water partition coefficient (Wildman–Crippen LogP) is 4.00. The number of hydrogen-bond donors (Lipinski definition) is 1. The van der Waals surface area contributed by atoms with Crippen molar-refractivity contribution in [2.24, 2.45) is 5.92 Å². The van der Waals surface area contributed by atoms with E-state index in [0.29, 0.717) is 67.7 Å². The molecule has 2 saturated heterocycles. The summed E-state index contributed by atoms with van der Waals surface area (Å²) < 4.78 is 20.5. The molecule has 0 bridgehead atoms. The van der Waals surface area contributed by atoms with Crippen LogP contribution >= 0.6 is 11.6 Å². The van der Waals surface area contributed by atoms with Crippen LogP contribution in [0.4, 0.5) is 10.2 Å². The number of nitrogens with zero attached hydrogens (tertiary/aromatic N) is 4. The minimum atomic E-state index is -0.552. The van der Waals surface area contributed by atoms with E-state index in [4.69, 9.17) is 16.3 Å². The second kappa shape index (κ2) is 12.3. The number of methoxy groups -OCH3 is 1. The van der Waals surface area contributed by atoms with Crippen molar-refractivity contribution < 1.29 is 18.7 Å². The van der Waals surface area contributed by atoms with Crippen LogP contribution in [0.1, 0.15) is 42.9 Å². The lowest BCUT2D eigenvalue weighted by Crippen LogP contribution is -2.47. The highest BCUT2D eigenvalue weighted by Gasteiger charge is 2.42. The molecule has 0 unspecified atom stereocenters. The number of halogens is 2. The molecule has 9 nitrogen and oxygen atoms in total. The Balaban J connectivity index is 1.40. The van der Waals surface area contributed by atoms with Gasteiger partial charge in [-0.2, -0.15) is 5.10 Å². The number of rotatable bonds is 5. The third kappa shape index (κ3) is 6.22. The highest BCUT2D eigenvalue weighted by Crippen LogP contribution is 2.38. The minimum absolute atomic E-state index is 0.0615. The molecule has 2 aliphatic heterocycles. The molecule has 2 aromatic carbocycles. The molecule has 11 heteroatoms. The van der Waals surface area contributed by atoms with E-state index >= 15 is 4.39 Å². The van der Waals surface area contributed by atoms with Crippen LogP contribution in [-0.2, 0) is 9.59 Å². The minimum Gasteiger partial charge on any atom is -0.497 e. The average Bonchev–Trinajstić information content (AvgIpc) is 3.38. The van der Waals surface area contributed by atoms with E-state index in [9.17, 15) is 14.4 Å². The third-order valence-electron chi connectivity index (χ3n) is 8.10. The van der Waals surface area contributed by atoms with Gasteiger partial charge in [-0.15, -0.1) is 0 Å². The Bertz CT molecular complexity index is 1450. The van der Waals surface area contributed by atoms with Crippen molar-refractivity contribution in [1.29, 1.82) is 0 Å². The molecule has 1 N–H and O–H groups in total. The first kappa shape index (κ1) is 28.6. The van der Waals surface area contributed by atoms with Crippen LogP contribution < -0.4 is 15.2 Å². The van der Waals surface area contributed by atoms with Gasteiger partial charge in [0.15, 0.2) is 0 Å². The first-order valence-electron chi connectivity index (χ1n) is 13.7. The second-order valence-electron chi connectivity index (χ2n) is 10.5. The molecule has 0 radical (unpaired) electrons. The molecule has 2 amide bonds. The van der Waals surface area contributed by atoms with Gasteiger partial charge in [-0.05, 0) is 48.2 Å². The Labute approximate surface area is 242 Å². The largest absolute Gasteiger partial charge is 0.497 e. The number of aromatic nitrogens is 2. The number of nitrogens with one attached hydrogen (secondary N) is 1. The van der Waals surface area contributed by atoms with Gasteiger partial charge < -0.3 is 19.4 Å².